The number of carbonyl (C=O) groups excluding carboxylic acids is 1. The number of hydrogen-bond donors (Lipinski definition) is 1. The van der Waals surface area contributed by atoms with Gasteiger partial charge in [0.2, 0.25) is 5.43 Å². The van der Waals surface area contributed by atoms with Crippen molar-refractivity contribution < 1.29 is 9.53 Å². The van der Waals surface area contributed by atoms with Gasteiger partial charge in [-0.05, 0) is 55.0 Å². The molecule has 156 valence electrons. The highest BCUT2D eigenvalue weighted by Crippen LogP contribution is 2.20. The lowest BCUT2D eigenvalue weighted by Gasteiger charge is -2.12. The third-order valence-corrected chi connectivity index (χ3v) is 5.22. The van der Waals surface area contributed by atoms with E-state index in [1.807, 2.05) is 41.8 Å². The van der Waals surface area contributed by atoms with Crippen LogP contribution < -0.4 is 15.5 Å². The largest absolute Gasteiger partial charge is 0.489 e. The van der Waals surface area contributed by atoms with Gasteiger partial charge in [0.05, 0.1) is 5.52 Å². The van der Waals surface area contributed by atoms with Crippen LogP contribution in [0.3, 0.4) is 0 Å². The summed E-state index contributed by atoms with van der Waals surface area (Å²) in [6.45, 7) is 3.03. The molecule has 31 heavy (non-hydrogen) atoms. The van der Waals surface area contributed by atoms with Crippen LogP contribution in [-0.2, 0) is 13.2 Å². The Kier molecular flexibility index (Phi) is 6.05. The number of nitrogens with one attached hydrogen (secondary N) is 1. The van der Waals surface area contributed by atoms with E-state index in [4.69, 9.17) is 16.3 Å². The van der Waals surface area contributed by atoms with E-state index in [2.05, 4.69) is 5.32 Å². The van der Waals surface area contributed by atoms with Gasteiger partial charge in [0.15, 0.2) is 0 Å². The van der Waals surface area contributed by atoms with Crippen molar-refractivity contribution in [3.8, 4) is 5.75 Å². The van der Waals surface area contributed by atoms with E-state index < -0.39 is 5.91 Å². The number of carbonyl (C=O) groups is 1. The summed E-state index contributed by atoms with van der Waals surface area (Å²) in [7, 11) is 0. The summed E-state index contributed by atoms with van der Waals surface area (Å²) in [5.41, 5.74) is 2.12. The van der Waals surface area contributed by atoms with Crippen LogP contribution in [0.1, 0.15) is 22.8 Å². The average Bonchev–Trinajstić information content (AvgIpc) is 2.80. The minimum atomic E-state index is -0.466. The summed E-state index contributed by atoms with van der Waals surface area (Å²) in [6.07, 6.45) is 1.59. The van der Waals surface area contributed by atoms with E-state index in [9.17, 15) is 9.59 Å². The number of fused-ring (bicyclic) bond motifs is 1. The molecule has 1 heterocycles. The molecule has 0 aliphatic heterocycles. The second-order valence-corrected chi connectivity index (χ2v) is 7.51. The molecule has 5 nitrogen and oxygen atoms in total. The van der Waals surface area contributed by atoms with E-state index in [1.165, 1.54) is 0 Å². The molecule has 0 fully saturated rings. The zero-order chi connectivity index (χ0) is 21.8. The molecule has 1 N–H and O–H groups in total. The van der Waals surface area contributed by atoms with Crippen LogP contribution in [0, 0.1) is 0 Å². The van der Waals surface area contributed by atoms with Gasteiger partial charge in [0, 0.05) is 28.8 Å². The Balaban J connectivity index is 1.52. The molecule has 6 heteroatoms. The van der Waals surface area contributed by atoms with E-state index in [0.717, 1.165) is 11.1 Å². The van der Waals surface area contributed by atoms with Crippen molar-refractivity contribution in [2.45, 2.75) is 20.1 Å². The number of pyridine rings is 1. The molecule has 1 aromatic heterocycles. The number of nitrogens with zero attached hydrogens (tertiary/aromatic N) is 1. The second-order valence-electron chi connectivity index (χ2n) is 7.07. The van der Waals surface area contributed by atoms with Crippen molar-refractivity contribution in [3.05, 3.63) is 105 Å². The SMILES string of the molecule is CCn1cc(C(=O)Nc2ccc(OCc3ccccc3)cc2)c(=O)c2cc(Cl)ccc21. The summed E-state index contributed by atoms with van der Waals surface area (Å²) < 4.78 is 7.63. The van der Waals surface area contributed by atoms with Crippen LogP contribution in [0.15, 0.2) is 83.8 Å². The quantitative estimate of drug-likeness (QED) is 0.437. The number of halogens is 1. The first kappa shape index (κ1) is 20.7. The number of hydrogen-bond acceptors (Lipinski definition) is 3. The van der Waals surface area contributed by atoms with Gasteiger partial charge in [-0.15, -0.1) is 0 Å². The number of rotatable bonds is 6. The van der Waals surface area contributed by atoms with Crippen LogP contribution in [0.2, 0.25) is 5.02 Å². The Morgan fingerprint density at radius 3 is 2.48 bits per heavy atom. The highest BCUT2D eigenvalue weighted by Gasteiger charge is 2.16. The van der Waals surface area contributed by atoms with Crippen molar-refractivity contribution >= 4 is 34.1 Å². The van der Waals surface area contributed by atoms with Gasteiger partial charge in [-0.25, -0.2) is 0 Å². The smallest absolute Gasteiger partial charge is 0.261 e. The lowest BCUT2D eigenvalue weighted by atomic mass is 10.1. The standard InChI is InChI=1S/C25H21ClN2O3/c1-2-28-15-22(24(29)21-14-18(26)8-13-23(21)28)25(30)27-19-9-11-20(12-10-19)31-16-17-6-4-3-5-7-17/h3-15H,2,16H2,1H3,(H,27,30). The highest BCUT2D eigenvalue weighted by molar-refractivity contribution is 6.31. The van der Waals surface area contributed by atoms with E-state index in [1.54, 1.807) is 48.7 Å². The summed E-state index contributed by atoms with van der Waals surface area (Å²) >= 11 is 6.07. The van der Waals surface area contributed by atoms with Crippen LogP contribution in [-0.4, -0.2) is 10.5 Å². The summed E-state index contributed by atoms with van der Waals surface area (Å²) in [5, 5.41) is 3.67. The first-order valence-corrected chi connectivity index (χ1v) is 10.3. The van der Waals surface area contributed by atoms with E-state index in [-0.39, 0.29) is 11.0 Å². The van der Waals surface area contributed by atoms with Gasteiger partial charge in [-0.2, -0.15) is 0 Å². The van der Waals surface area contributed by atoms with Gasteiger partial charge in [-0.3, -0.25) is 9.59 Å². The number of aryl methyl sites for hydroxylation is 1. The molecule has 0 radical (unpaired) electrons. The van der Waals surface area contributed by atoms with E-state index >= 15 is 0 Å². The Hall–Kier alpha value is -3.57. The maximum absolute atomic E-state index is 12.9. The van der Waals surface area contributed by atoms with Crippen molar-refractivity contribution in [1.29, 1.82) is 0 Å². The maximum atomic E-state index is 12.9. The van der Waals surface area contributed by atoms with Crippen molar-refractivity contribution in [2.75, 3.05) is 5.32 Å². The lowest BCUT2D eigenvalue weighted by molar-refractivity contribution is 0.102. The Morgan fingerprint density at radius 2 is 1.77 bits per heavy atom. The van der Waals surface area contributed by atoms with Crippen LogP contribution >= 0.6 is 11.6 Å². The average molecular weight is 433 g/mol. The van der Waals surface area contributed by atoms with E-state index in [0.29, 0.717) is 35.0 Å². The van der Waals surface area contributed by atoms with Crippen molar-refractivity contribution in [3.63, 3.8) is 0 Å². The predicted molar refractivity (Wildman–Crippen MR) is 124 cm³/mol. The maximum Gasteiger partial charge on any atom is 0.261 e. The Labute approximate surface area is 184 Å². The third-order valence-electron chi connectivity index (χ3n) is 4.99. The fraction of sp³-hybridized carbons (Fsp3) is 0.120. The van der Waals surface area contributed by atoms with Crippen molar-refractivity contribution in [1.82, 2.24) is 4.57 Å². The first-order chi connectivity index (χ1) is 15.0. The van der Waals surface area contributed by atoms with Crippen molar-refractivity contribution in [2.24, 2.45) is 0 Å². The highest BCUT2D eigenvalue weighted by atomic mass is 35.5. The molecule has 1 amide bonds. The van der Waals surface area contributed by atoms with Gasteiger partial charge >= 0.3 is 0 Å². The second kappa shape index (κ2) is 9.06. The Morgan fingerprint density at radius 1 is 1.03 bits per heavy atom. The molecular formula is C25H21ClN2O3. The normalized spacial score (nSPS) is 10.8. The minimum absolute atomic E-state index is 0.0704. The molecule has 0 saturated heterocycles. The number of anilines is 1. The Bertz CT molecular complexity index is 1280. The molecule has 0 bridgehead atoms. The number of aromatic nitrogens is 1. The fourth-order valence-electron chi connectivity index (χ4n) is 3.37. The van der Waals surface area contributed by atoms with Crippen LogP contribution in [0.25, 0.3) is 10.9 Å². The molecule has 0 atom stereocenters. The number of benzene rings is 3. The molecule has 4 aromatic rings. The zero-order valence-electron chi connectivity index (χ0n) is 17.0. The minimum Gasteiger partial charge on any atom is -0.489 e. The molecule has 0 spiro atoms. The van der Waals surface area contributed by atoms with Gasteiger partial charge in [-0.1, -0.05) is 41.9 Å². The zero-order valence-corrected chi connectivity index (χ0v) is 17.7. The third kappa shape index (κ3) is 4.62. The van der Waals surface area contributed by atoms with Gasteiger partial charge in [0.25, 0.3) is 5.91 Å². The van der Waals surface area contributed by atoms with Gasteiger partial charge < -0.3 is 14.6 Å². The summed E-state index contributed by atoms with van der Waals surface area (Å²) in [6, 6.07) is 22.0. The molecule has 0 aliphatic carbocycles. The predicted octanol–water partition coefficient (Wildman–Crippen LogP) is 5.51. The molecule has 0 saturated carbocycles. The fourth-order valence-corrected chi connectivity index (χ4v) is 3.54. The first-order valence-electron chi connectivity index (χ1n) is 9.96. The molecule has 3 aromatic carbocycles. The van der Waals surface area contributed by atoms with Crippen LogP contribution in [0.5, 0.6) is 5.75 Å². The molecule has 4 rings (SSSR count). The molecule has 0 aliphatic rings. The number of ether oxygens (including phenoxy) is 1. The molecular weight excluding hydrogens is 412 g/mol. The molecule has 0 unspecified atom stereocenters. The van der Waals surface area contributed by atoms with Gasteiger partial charge in [0.1, 0.15) is 17.9 Å². The monoisotopic (exact) mass is 432 g/mol. The topological polar surface area (TPSA) is 60.3 Å². The van der Waals surface area contributed by atoms with Crippen LogP contribution in [0.4, 0.5) is 5.69 Å². The summed E-state index contributed by atoms with van der Waals surface area (Å²) in [5.74, 6) is 0.225. The lowest BCUT2D eigenvalue weighted by Crippen LogP contribution is -2.23. The summed E-state index contributed by atoms with van der Waals surface area (Å²) in [4.78, 5) is 25.7. The number of amides is 1.